The zero-order chi connectivity index (χ0) is 20.3. The fraction of sp³-hybridized carbons (Fsp3) is 0.368. The van der Waals surface area contributed by atoms with Crippen LogP contribution >= 0.6 is 24.0 Å². The van der Waals surface area contributed by atoms with E-state index in [1.165, 1.54) is 21.1 Å². The van der Waals surface area contributed by atoms with Crippen LogP contribution in [0.5, 0.6) is 0 Å². The van der Waals surface area contributed by atoms with Crippen LogP contribution in [0.25, 0.3) is 11.7 Å². The van der Waals surface area contributed by atoms with Gasteiger partial charge in [-0.3, -0.25) is 18.9 Å². The summed E-state index contributed by atoms with van der Waals surface area (Å²) in [6, 6.07) is 3.72. The third kappa shape index (κ3) is 4.11. The molecule has 1 saturated heterocycles. The molecule has 2 aromatic heterocycles. The van der Waals surface area contributed by atoms with Crippen molar-refractivity contribution in [3.8, 4) is 0 Å². The van der Waals surface area contributed by atoms with E-state index in [4.69, 9.17) is 17.0 Å². The molecule has 0 radical (unpaired) electrons. The average Bonchev–Trinajstić information content (AvgIpc) is 2.94. The van der Waals surface area contributed by atoms with E-state index < -0.39 is 0 Å². The molecule has 2 aromatic rings. The van der Waals surface area contributed by atoms with Gasteiger partial charge in [0.2, 0.25) is 0 Å². The molecule has 1 amide bonds. The second-order valence-corrected chi connectivity index (χ2v) is 8.04. The Morgan fingerprint density at radius 3 is 2.86 bits per heavy atom. The highest BCUT2D eigenvalue weighted by molar-refractivity contribution is 8.26. The van der Waals surface area contributed by atoms with Gasteiger partial charge in [-0.25, -0.2) is 4.98 Å². The average molecular weight is 419 g/mol. The lowest BCUT2D eigenvalue weighted by molar-refractivity contribution is -0.122. The highest BCUT2D eigenvalue weighted by atomic mass is 32.2. The number of aryl methyl sites for hydroxylation is 1. The van der Waals surface area contributed by atoms with Gasteiger partial charge >= 0.3 is 0 Å². The molecule has 28 heavy (non-hydrogen) atoms. The number of rotatable bonds is 7. The van der Waals surface area contributed by atoms with Crippen molar-refractivity contribution in [3.05, 3.63) is 44.7 Å². The quantitative estimate of drug-likeness (QED) is 0.547. The maximum atomic E-state index is 13.1. The van der Waals surface area contributed by atoms with E-state index in [0.29, 0.717) is 46.0 Å². The molecule has 7 nitrogen and oxygen atoms in total. The number of thiocarbonyl (C=S) groups is 1. The summed E-state index contributed by atoms with van der Waals surface area (Å²) in [6.45, 7) is 5.39. The van der Waals surface area contributed by atoms with Gasteiger partial charge in [0.1, 0.15) is 15.8 Å². The number of ether oxygens (including phenoxy) is 1. The maximum absolute atomic E-state index is 13.1. The van der Waals surface area contributed by atoms with Crippen LogP contribution < -0.4 is 10.9 Å². The highest BCUT2D eigenvalue weighted by Crippen LogP contribution is 2.32. The van der Waals surface area contributed by atoms with E-state index in [2.05, 4.69) is 10.3 Å². The van der Waals surface area contributed by atoms with Gasteiger partial charge in [-0.2, -0.15) is 0 Å². The second kappa shape index (κ2) is 8.85. The molecule has 9 heteroatoms. The molecule has 3 rings (SSSR count). The van der Waals surface area contributed by atoms with Crippen molar-refractivity contribution >= 4 is 51.7 Å². The molecule has 1 fully saturated rings. The van der Waals surface area contributed by atoms with Crippen LogP contribution in [0.4, 0.5) is 5.82 Å². The fourth-order valence-electron chi connectivity index (χ4n) is 2.77. The van der Waals surface area contributed by atoms with Crippen LogP contribution in [-0.2, 0) is 9.53 Å². The summed E-state index contributed by atoms with van der Waals surface area (Å²) >= 11 is 6.50. The molecule has 0 bridgehead atoms. The van der Waals surface area contributed by atoms with Crippen molar-refractivity contribution < 1.29 is 9.53 Å². The number of carbonyl (C=O) groups is 1. The smallest absolute Gasteiger partial charge is 0.267 e. The number of nitrogens with one attached hydrogen (secondary N) is 1. The minimum Gasteiger partial charge on any atom is -0.383 e. The van der Waals surface area contributed by atoms with Gasteiger partial charge in [-0.1, -0.05) is 37.0 Å². The predicted octanol–water partition coefficient (Wildman–Crippen LogP) is 2.67. The van der Waals surface area contributed by atoms with Crippen molar-refractivity contribution in [2.24, 2.45) is 0 Å². The summed E-state index contributed by atoms with van der Waals surface area (Å²) in [5.41, 5.74) is 1.62. The zero-order valence-corrected chi connectivity index (χ0v) is 17.7. The van der Waals surface area contributed by atoms with Gasteiger partial charge in [0.15, 0.2) is 0 Å². The Hall–Kier alpha value is -2.23. The molecular weight excluding hydrogens is 396 g/mol. The number of hydrogen-bond acceptors (Lipinski definition) is 7. The predicted molar refractivity (Wildman–Crippen MR) is 117 cm³/mol. The first kappa shape index (κ1) is 20.5. The largest absolute Gasteiger partial charge is 0.383 e. The normalized spacial score (nSPS) is 15.8. The molecule has 0 atom stereocenters. The van der Waals surface area contributed by atoms with Crippen molar-refractivity contribution in [3.63, 3.8) is 0 Å². The molecule has 0 aromatic carbocycles. The van der Waals surface area contributed by atoms with Gasteiger partial charge in [-0.15, -0.1) is 0 Å². The lowest BCUT2D eigenvalue weighted by Gasteiger charge is -2.13. The summed E-state index contributed by atoms with van der Waals surface area (Å²) in [5.74, 6) is 0.250. The van der Waals surface area contributed by atoms with Crippen molar-refractivity contribution in [2.75, 3.05) is 32.1 Å². The Morgan fingerprint density at radius 1 is 1.36 bits per heavy atom. The van der Waals surface area contributed by atoms with Crippen LogP contribution in [0.3, 0.4) is 0 Å². The molecule has 0 spiro atoms. The van der Waals surface area contributed by atoms with E-state index in [-0.39, 0.29) is 11.5 Å². The van der Waals surface area contributed by atoms with Gasteiger partial charge in [0.25, 0.3) is 11.5 Å². The minimum atomic E-state index is -0.227. The highest BCUT2D eigenvalue weighted by Gasteiger charge is 2.32. The standard InChI is InChI=1S/C19H22N4O3S2/c1-4-7-20-16-13(17(24)23-11-12(2)5-6-15(23)21-16)10-14-18(25)22(8-9-26-3)19(27)28-14/h5-6,10-11,20H,4,7-9H2,1-3H3/b14-10+. The topological polar surface area (TPSA) is 75.9 Å². The van der Waals surface area contributed by atoms with E-state index in [1.807, 2.05) is 26.0 Å². The molecule has 0 unspecified atom stereocenters. The Balaban J connectivity index is 2.09. The number of fused-ring (bicyclic) bond motifs is 1. The number of amides is 1. The molecular formula is C19H22N4O3S2. The SMILES string of the molecule is CCCNc1nc2ccc(C)cn2c(=O)c1/C=C1/SC(=S)N(CCOC)C1=O. The van der Waals surface area contributed by atoms with E-state index in [9.17, 15) is 9.59 Å². The van der Waals surface area contributed by atoms with Crippen molar-refractivity contribution in [2.45, 2.75) is 20.3 Å². The summed E-state index contributed by atoms with van der Waals surface area (Å²) in [4.78, 5) is 32.4. The van der Waals surface area contributed by atoms with Gasteiger partial charge in [-0.05, 0) is 31.1 Å². The lowest BCUT2D eigenvalue weighted by Crippen LogP contribution is -2.31. The molecule has 0 saturated carbocycles. The molecule has 1 N–H and O–H groups in total. The van der Waals surface area contributed by atoms with Crippen LogP contribution in [0.15, 0.2) is 28.0 Å². The van der Waals surface area contributed by atoms with E-state index in [0.717, 1.165) is 12.0 Å². The Morgan fingerprint density at radius 2 is 2.14 bits per heavy atom. The summed E-state index contributed by atoms with van der Waals surface area (Å²) in [6.07, 6.45) is 4.22. The number of hydrogen-bond donors (Lipinski definition) is 1. The summed E-state index contributed by atoms with van der Waals surface area (Å²) < 4.78 is 7.00. The second-order valence-electron chi connectivity index (χ2n) is 6.37. The number of methoxy groups -OCH3 is 1. The van der Waals surface area contributed by atoms with Crippen molar-refractivity contribution in [1.82, 2.24) is 14.3 Å². The van der Waals surface area contributed by atoms with Crippen LogP contribution in [0.1, 0.15) is 24.5 Å². The lowest BCUT2D eigenvalue weighted by atomic mass is 10.2. The number of nitrogens with zero attached hydrogens (tertiary/aromatic N) is 3. The molecule has 0 aliphatic carbocycles. The first-order chi connectivity index (χ1) is 13.5. The Labute approximate surface area is 172 Å². The molecule has 3 heterocycles. The monoisotopic (exact) mass is 418 g/mol. The van der Waals surface area contributed by atoms with Gasteiger partial charge in [0.05, 0.1) is 23.6 Å². The number of anilines is 1. The van der Waals surface area contributed by atoms with E-state index >= 15 is 0 Å². The number of aromatic nitrogens is 2. The maximum Gasteiger partial charge on any atom is 0.267 e. The molecule has 148 valence electrons. The minimum absolute atomic E-state index is 0.220. The zero-order valence-electron chi connectivity index (χ0n) is 16.0. The molecule has 1 aliphatic heterocycles. The number of thioether (sulfide) groups is 1. The third-order valence-corrected chi connectivity index (χ3v) is 5.59. The van der Waals surface area contributed by atoms with Gasteiger partial charge < -0.3 is 10.1 Å². The number of carbonyl (C=O) groups excluding carboxylic acids is 1. The van der Waals surface area contributed by atoms with Crippen LogP contribution in [0, 0.1) is 6.92 Å². The first-order valence-corrected chi connectivity index (χ1v) is 10.2. The molecule has 1 aliphatic rings. The fourth-order valence-corrected chi connectivity index (χ4v) is 4.06. The number of pyridine rings is 1. The summed E-state index contributed by atoms with van der Waals surface area (Å²) in [5, 5.41) is 3.20. The van der Waals surface area contributed by atoms with Gasteiger partial charge in [0, 0.05) is 19.9 Å². The van der Waals surface area contributed by atoms with Crippen LogP contribution in [-0.4, -0.2) is 51.3 Å². The third-order valence-electron chi connectivity index (χ3n) is 4.22. The van der Waals surface area contributed by atoms with Crippen LogP contribution in [0.2, 0.25) is 0 Å². The first-order valence-electron chi connectivity index (χ1n) is 8.97. The Kier molecular flexibility index (Phi) is 6.48. The van der Waals surface area contributed by atoms with Crippen molar-refractivity contribution in [1.29, 1.82) is 0 Å². The van der Waals surface area contributed by atoms with E-state index in [1.54, 1.807) is 19.4 Å². The summed E-state index contributed by atoms with van der Waals surface area (Å²) in [7, 11) is 1.57. The Bertz CT molecular complexity index is 1020.